The van der Waals surface area contributed by atoms with Crippen molar-refractivity contribution >= 4 is 27.3 Å². The van der Waals surface area contributed by atoms with Gasteiger partial charge in [-0.3, -0.25) is 9.52 Å². The maximum atomic E-state index is 13.2. The quantitative estimate of drug-likeness (QED) is 0.901. The average Bonchev–Trinajstić information content (AvgIpc) is 2.66. The summed E-state index contributed by atoms with van der Waals surface area (Å²) in [6, 6.07) is 9.27. The smallest absolute Gasteiger partial charge is 0.261 e. The second-order valence-corrected chi connectivity index (χ2v) is 6.60. The monoisotopic (exact) mass is 336 g/mol. The van der Waals surface area contributed by atoms with E-state index < -0.39 is 15.8 Å². The van der Waals surface area contributed by atoms with E-state index in [1.54, 1.807) is 0 Å². The average molecular weight is 336 g/mol. The zero-order valence-corrected chi connectivity index (χ0v) is 12.7. The first-order valence-electron chi connectivity index (χ1n) is 6.79. The van der Waals surface area contributed by atoms with Gasteiger partial charge in [-0.2, -0.15) is 0 Å². The summed E-state index contributed by atoms with van der Waals surface area (Å²) in [7, 11) is -3.92. The Balaban J connectivity index is 1.93. The number of amides is 1. The van der Waals surface area contributed by atoms with Crippen LogP contribution >= 0.6 is 0 Å². The van der Waals surface area contributed by atoms with Gasteiger partial charge in [0, 0.05) is 0 Å². The van der Waals surface area contributed by atoms with Crippen molar-refractivity contribution in [1.82, 2.24) is 0 Å². The van der Waals surface area contributed by atoms with E-state index in [0.29, 0.717) is 5.75 Å². The topological polar surface area (TPSA) is 84.5 Å². The Kier molecular flexibility index (Phi) is 3.91. The third-order valence-corrected chi connectivity index (χ3v) is 4.58. The number of hydrogen-bond acceptors (Lipinski definition) is 4. The summed E-state index contributed by atoms with van der Waals surface area (Å²) in [5.74, 6) is -0.398. The summed E-state index contributed by atoms with van der Waals surface area (Å²) < 4.78 is 45.6. The Bertz CT molecular complexity index is 868. The van der Waals surface area contributed by atoms with Gasteiger partial charge in [0.25, 0.3) is 10.0 Å². The van der Waals surface area contributed by atoms with Gasteiger partial charge in [0.1, 0.15) is 11.6 Å². The molecule has 1 aliphatic heterocycles. The number of hydrogen-bond donors (Lipinski definition) is 2. The van der Waals surface area contributed by atoms with Gasteiger partial charge in [-0.25, -0.2) is 12.8 Å². The van der Waals surface area contributed by atoms with Crippen LogP contribution in [0.15, 0.2) is 47.4 Å². The molecule has 2 aromatic carbocycles. The number of nitrogens with one attached hydrogen (secondary N) is 2. The standard InChI is InChI=1S/C15H13FN2O4S/c16-10-2-1-3-11(8-10)18-23(20,21)12-4-5-14-13(9-12)17-15(19)6-7-22-14/h1-5,8-9,18H,6-7H2,(H,17,19). The lowest BCUT2D eigenvalue weighted by Crippen LogP contribution is -2.14. The van der Waals surface area contributed by atoms with Crippen LogP contribution in [0.25, 0.3) is 0 Å². The van der Waals surface area contributed by atoms with Crippen molar-refractivity contribution in [3.63, 3.8) is 0 Å². The number of rotatable bonds is 3. The van der Waals surface area contributed by atoms with E-state index in [-0.39, 0.29) is 35.2 Å². The molecule has 1 heterocycles. The van der Waals surface area contributed by atoms with Crippen LogP contribution < -0.4 is 14.8 Å². The zero-order chi connectivity index (χ0) is 16.4. The molecule has 6 nitrogen and oxygen atoms in total. The number of halogens is 1. The molecule has 0 unspecified atom stereocenters. The third kappa shape index (κ3) is 3.42. The summed E-state index contributed by atoms with van der Waals surface area (Å²) >= 11 is 0. The number of ether oxygens (including phenoxy) is 1. The summed E-state index contributed by atoms with van der Waals surface area (Å²) in [6.45, 7) is 0.229. The molecule has 0 spiro atoms. The van der Waals surface area contributed by atoms with Gasteiger partial charge in [-0.15, -0.1) is 0 Å². The molecule has 120 valence electrons. The summed E-state index contributed by atoms with van der Waals surface area (Å²) in [4.78, 5) is 11.5. The van der Waals surface area contributed by atoms with Crippen molar-refractivity contribution < 1.29 is 22.3 Å². The first kappa shape index (κ1) is 15.3. The van der Waals surface area contributed by atoms with Crippen molar-refractivity contribution in [2.75, 3.05) is 16.6 Å². The van der Waals surface area contributed by atoms with Gasteiger partial charge in [-0.05, 0) is 36.4 Å². The summed E-state index contributed by atoms with van der Waals surface area (Å²) in [6.07, 6.45) is 0.193. The predicted octanol–water partition coefficient (Wildman–Crippen LogP) is 2.35. The SMILES string of the molecule is O=C1CCOc2ccc(S(=O)(=O)Nc3cccc(F)c3)cc2N1. The van der Waals surface area contributed by atoms with Crippen molar-refractivity contribution in [2.45, 2.75) is 11.3 Å². The minimum atomic E-state index is -3.92. The van der Waals surface area contributed by atoms with Crippen LogP contribution in [0.1, 0.15) is 6.42 Å². The second-order valence-electron chi connectivity index (χ2n) is 4.92. The zero-order valence-electron chi connectivity index (χ0n) is 11.9. The Labute approximate surface area is 132 Å². The van der Waals surface area contributed by atoms with Crippen LogP contribution in [0.4, 0.5) is 15.8 Å². The fraction of sp³-hybridized carbons (Fsp3) is 0.133. The van der Waals surface area contributed by atoms with E-state index in [9.17, 15) is 17.6 Å². The molecule has 23 heavy (non-hydrogen) atoms. The van der Waals surface area contributed by atoms with Crippen LogP contribution in [0.3, 0.4) is 0 Å². The molecule has 0 fully saturated rings. The highest BCUT2D eigenvalue weighted by Crippen LogP contribution is 2.30. The molecule has 1 aliphatic rings. The predicted molar refractivity (Wildman–Crippen MR) is 82.4 cm³/mol. The second kappa shape index (κ2) is 5.88. The van der Waals surface area contributed by atoms with Gasteiger partial charge in [0.2, 0.25) is 5.91 Å². The van der Waals surface area contributed by atoms with Crippen molar-refractivity contribution in [3.05, 3.63) is 48.3 Å². The number of fused-ring (bicyclic) bond motifs is 1. The van der Waals surface area contributed by atoms with Crippen molar-refractivity contribution in [3.8, 4) is 5.75 Å². The fourth-order valence-corrected chi connectivity index (χ4v) is 3.21. The highest BCUT2D eigenvalue weighted by molar-refractivity contribution is 7.92. The Morgan fingerprint density at radius 3 is 2.78 bits per heavy atom. The lowest BCUT2D eigenvalue weighted by Gasteiger charge is -2.11. The van der Waals surface area contributed by atoms with E-state index in [0.717, 1.165) is 6.07 Å². The first-order chi connectivity index (χ1) is 10.9. The lowest BCUT2D eigenvalue weighted by molar-refractivity contribution is -0.116. The van der Waals surface area contributed by atoms with E-state index in [2.05, 4.69) is 10.0 Å². The number of benzene rings is 2. The molecule has 0 atom stereocenters. The normalized spacial score (nSPS) is 14.2. The van der Waals surface area contributed by atoms with Gasteiger partial charge in [-0.1, -0.05) is 6.07 Å². The number of anilines is 2. The Morgan fingerprint density at radius 1 is 1.17 bits per heavy atom. The lowest BCUT2D eigenvalue weighted by atomic mass is 10.3. The molecular weight excluding hydrogens is 323 g/mol. The third-order valence-electron chi connectivity index (χ3n) is 3.20. The minimum Gasteiger partial charge on any atom is -0.491 e. The molecule has 0 saturated heterocycles. The maximum absolute atomic E-state index is 13.2. The minimum absolute atomic E-state index is 0.0636. The van der Waals surface area contributed by atoms with Gasteiger partial charge < -0.3 is 10.1 Å². The largest absolute Gasteiger partial charge is 0.491 e. The first-order valence-corrected chi connectivity index (χ1v) is 8.27. The highest BCUT2D eigenvalue weighted by Gasteiger charge is 2.20. The van der Waals surface area contributed by atoms with Crippen LogP contribution in [0.2, 0.25) is 0 Å². The van der Waals surface area contributed by atoms with Gasteiger partial charge >= 0.3 is 0 Å². The molecule has 2 N–H and O–H groups in total. The van der Waals surface area contributed by atoms with E-state index in [4.69, 9.17) is 4.74 Å². The van der Waals surface area contributed by atoms with Crippen LogP contribution in [-0.4, -0.2) is 20.9 Å². The van der Waals surface area contributed by atoms with E-state index >= 15 is 0 Å². The molecule has 3 rings (SSSR count). The molecule has 1 amide bonds. The summed E-state index contributed by atoms with van der Waals surface area (Å²) in [5.41, 5.74) is 0.398. The number of carbonyl (C=O) groups excluding carboxylic acids is 1. The van der Waals surface area contributed by atoms with E-state index in [1.165, 1.54) is 36.4 Å². The molecule has 0 saturated carbocycles. The maximum Gasteiger partial charge on any atom is 0.261 e. The molecule has 0 bridgehead atoms. The molecular formula is C15H13FN2O4S. The fourth-order valence-electron chi connectivity index (χ4n) is 2.13. The summed E-state index contributed by atoms with van der Waals surface area (Å²) in [5, 5.41) is 2.59. The molecule has 0 radical (unpaired) electrons. The van der Waals surface area contributed by atoms with Crippen molar-refractivity contribution in [1.29, 1.82) is 0 Å². The number of carbonyl (C=O) groups is 1. The molecule has 8 heteroatoms. The molecule has 0 aromatic heterocycles. The van der Waals surface area contributed by atoms with Gasteiger partial charge in [0.05, 0.1) is 29.3 Å². The van der Waals surface area contributed by atoms with E-state index in [1.807, 2.05) is 0 Å². The highest BCUT2D eigenvalue weighted by atomic mass is 32.2. The molecule has 2 aromatic rings. The van der Waals surface area contributed by atoms with Crippen molar-refractivity contribution in [2.24, 2.45) is 0 Å². The van der Waals surface area contributed by atoms with Crippen LogP contribution in [-0.2, 0) is 14.8 Å². The Hall–Kier alpha value is -2.61. The molecule has 0 aliphatic carbocycles. The van der Waals surface area contributed by atoms with Gasteiger partial charge in [0.15, 0.2) is 0 Å². The van der Waals surface area contributed by atoms with Crippen LogP contribution in [0.5, 0.6) is 5.75 Å². The van der Waals surface area contributed by atoms with Crippen LogP contribution in [0, 0.1) is 5.82 Å². The number of sulfonamides is 1. The Morgan fingerprint density at radius 2 is 2.00 bits per heavy atom.